The minimum Gasteiger partial charge on any atom is -0.456 e. The monoisotopic (exact) mass is 644 g/mol. The zero-order valence-corrected chi connectivity index (χ0v) is 27.2. The number of fused-ring (bicyclic) bond motifs is 8. The first-order valence-electron chi connectivity index (χ1n) is 16.5. The predicted octanol–water partition coefficient (Wildman–Crippen LogP) is 13.3. The maximum atomic E-state index is 6.49. The van der Waals surface area contributed by atoms with Gasteiger partial charge in [0.25, 0.3) is 0 Å². The molecule has 8 aromatic carbocycles. The standard InChI is InChI=1S/C45H28N2OS/c1-3-12-29(13-4-1)31-17-11-18-33(26-31)47(40-27-32-16-7-8-19-35(32)36-20-9-10-21-37(36)40)34-22-24-41-38(28-34)43-42(48-41)25-23-39-44(43)49-45(46-39)30-14-5-2-6-15-30/h1-28H. The molecule has 4 heteroatoms. The summed E-state index contributed by atoms with van der Waals surface area (Å²) < 4.78 is 7.63. The number of hydrogen-bond acceptors (Lipinski definition) is 4. The van der Waals surface area contributed by atoms with Crippen molar-refractivity contribution < 1.29 is 4.42 Å². The predicted molar refractivity (Wildman–Crippen MR) is 207 cm³/mol. The zero-order chi connectivity index (χ0) is 32.3. The van der Waals surface area contributed by atoms with Gasteiger partial charge >= 0.3 is 0 Å². The lowest BCUT2D eigenvalue weighted by Gasteiger charge is -2.28. The molecule has 0 fully saturated rings. The van der Waals surface area contributed by atoms with Gasteiger partial charge < -0.3 is 9.32 Å². The van der Waals surface area contributed by atoms with Crippen LogP contribution in [0.1, 0.15) is 0 Å². The van der Waals surface area contributed by atoms with E-state index in [0.29, 0.717) is 0 Å². The number of aromatic nitrogens is 1. The Balaban J connectivity index is 1.25. The van der Waals surface area contributed by atoms with Gasteiger partial charge in [-0.2, -0.15) is 0 Å². The highest BCUT2D eigenvalue weighted by Crippen LogP contribution is 2.46. The maximum Gasteiger partial charge on any atom is 0.137 e. The molecule has 49 heavy (non-hydrogen) atoms. The van der Waals surface area contributed by atoms with Crippen molar-refractivity contribution in [3.05, 3.63) is 170 Å². The molecule has 0 saturated carbocycles. The Morgan fingerprint density at radius 2 is 1.14 bits per heavy atom. The second kappa shape index (κ2) is 11.2. The van der Waals surface area contributed by atoms with Crippen molar-refractivity contribution >= 4 is 82.1 Å². The molecule has 0 aliphatic heterocycles. The molecule has 0 aliphatic carbocycles. The first-order chi connectivity index (χ1) is 24.3. The molecular weight excluding hydrogens is 617 g/mol. The summed E-state index contributed by atoms with van der Waals surface area (Å²) in [7, 11) is 0. The molecule has 0 unspecified atom stereocenters. The van der Waals surface area contributed by atoms with Gasteiger partial charge in [0.05, 0.1) is 15.9 Å². The van der Waals surface area contributed by atoms with Gasteiger partial charge in [-0.15, -0.1) is 11.3 Å². The van der Waals surface area contributed by atoms with Crippen molar-refractivity contribution in [3.63, 3.8) is 0 Å². The Kier molecular flexibility index (Phi) is 6.36. The van der Waals surface area contributed by atoms with Crippen LogP contribution in [0.3, 0.4) is 0 Å². The van der Waals surface area contributed by atoms with Crippen LogP contribution in [0, 0.1) is 0 Å². The van der Waals surface area contributed by atoms with Gasteiger partial charge in [-0.25, -0.2) is 4.98 Å². The van der Waals surface area contributed by atoms with E-state index >= 15 is 0 Å². The number of thiazole rings is 1. The SMILES string of the molecule is c1ccc(-c2cccc(N(c3ccc4oc5ccc6nc(-c7ccccc7)sc6c5c4c3)c3cc4ccccc4c4ccccc34)c2)cc1. The second-order valence-electron chi connectivity index (χ2n) is 12.4. The van der Waals surface area contributed by atoms with Crippen LogP contribution in [0.25, 0.3) is 75.4 Å². The highest BCUT2D eigenvalue weighted by atomic mass is 32.1. The summed E-state index contributed by atoms with van der Waals surface area (Å²) in [4.78, 5) is 7.44. The quantitative estimate of drug-likeness (QED) is 0.175. The Hall–Kier alpha value is -6.23. The molecule has 0 bridgehead atoms. The molecule has 0 spiro atoms. The van der Waals surface area contributed by atoms with Crippen LogP contribution in [-0.2, 0) is 0 Å². The number of hydrogen-bond donors (Lipinski definition) is 0. The molecule has 230 valence electrons. The first kappa shape index (κ1) is 27.8. The summed E-state index contributed by atoms with van der Waals surface area (Å²) in [5, 5.41) is 8.07. The number of rotatable bonds is 5. The van der Waals surface area contributed by atoms with Crippen LogP contribution in [0.4, 0.5) is 17.1 Å². The average molecular weight is 645 g/mol. The average Bonchev–Trinajstić information content (AvgIpc) is 3.77. The van der Waals surface area contributed by atoms with Gasteiger partial charge in [-0.3, -0.25) is 0 Å². The fourth-order valence-electron chi connectivity index (χ4n) is 7.18. The van der Waals surface area contributed by atoms with Crippen LogP contribution in [0.5, 0.6) is 0 Å². The normalized spacial score (nSPS) is 11.7. The van der Waals surface area contributed by atoms with Gasteiger partial charge in [0.2, 0.25) is 0 Å². The lowest BCUT2D eigenvalue weighted by molar-refractivity contribution is 0.669. The number of anilines is 3. The molecule has 0 aliphatic rings. The topological polar surface area (TPSA) is 29.3 Å². The second-order valence-corrected chi connectivity index (χ2v) is 13.4. The van der Waals surface area contributed by atoms with Crippen LogP contribution >= 0.6 is 11.3 Å². The molecular formula is C45H28N2OS. The van der Waals surface area contributed by atoms with Crippen molar-refractivity contribution in [1.82, 2.24) is 4.98 Å². The van der Waals surface area contributed by atoms with E-state index in [4.69, 9.17) is 9.40 Å². The molecule has 0 atom stereocenters. The summed E-state index contributed by atoms with van der Waals surface area (Å²) in [6, 6.07) is 60.3. The number of nitrogens with zero attached hydrogens (tertiary/aromatic N) is 2. The van der Waals surface area contributed by atoms with Crippen molar-refractivity contribution in [3.8, 4) is 21.7 Å². The summed E-state index contributed by atoms with van der Waals surface area (Å²) in [5.41, 5.74) is 9.47. The summed E-state index contributed by atoms with van der Waals surface area (Å²) >= 11 is 1.72. The molecule has 2 heterocycles. The molecule has 10 aromatic rings. The van der Waals surface area contributed by atoms with Crippen LogP contribution in [-0.4, -0.2) is 4.98 Å². The maximum absolute atomic E-state index is 6.49. The molecule has 0 N–H and O–H groups in total. The smallest absolute Gasteiger partial charge is 0.137 e. The van der Waals surface area contributed by atoms with Gasteiger partial charge in [-0.05, 0) is 75.8 Å². The molecule has 3 nitrogen and oxygen atoms in total. The van der Waals surface area contributed by atoms with Crippen molar-refractivity contribution in [2.75, 3.05) is 4.90 Å². The fourth-order valence-corrected chi connectivity index (χ4v) is 8.30. The van der Waals surface area contributed by atoms with Gasteiger partial charge in [0.1, 0.15) is 16.2 Å². The van der Waals surface area contributed by atoms with Crippen molar-refractivity contribution in [1.29, 1.82) is 0 Å². The highest BCUT2D eigenvalue weighted by molar-refractivity contribution is 7.22. The van der Waals surface area contributed by atoms with E-state index in [1.165, 1.54) is 32.7 Å². The summed E-state index contributed by atoms with van der Waals surface area (Å²) in [6.45, 7) is 0. The van der Waals surface area contributed by atoms with E-state index in [2.05, 4.69) is 169 Å². The largest absolute Gasteiger partial charge is 0.456 e. The van der Waals surface area contributed by atoms with E-state index in [0.717, 1.165) is 59.8 Å². The third-order valence-corrected chi connectivity index (χ3v) is 10.6. The Morgan fingerprint density at radius 3 is 1.98 bits per heavy atom. The first-order valence-corrected chi connectivity index (χ1v) is 17.3. The van der Waals surface area contributed by atoms with Crippen LogP contribution in [0.2, 0.25) is 0 Å². The van der Waals surface area contributed by atoms with E-state index < -0.39 is 0 Å². The number of furan rings is 1. The van der Waals surface area contributed by atoms with Gasteiger partial charge in [0, 0.05) is 33.1 Å². The van der Waals surface area contributed by atoms with E-state index in [-0.39, 0.29) is 0 Å². The Morgan fingerprint density at radius 1 is 0.469 bits per heavy atom. The lowest BCUT2D eigenvalue weighted by atomic mass is 9.98. The van der Waals surface area contributed by atoms with Crippen LogP contribution < -0.4 is 4.90 Å². The lowest BCUT2D eigenvalue weighted by Crippen LogP contribution is -2.10. The Labute approximate surface area is 286 Å². The summed E-state index contributed by atoms with van der Waals surface area (Å²) in [6.07, 6.45) is 0. The van der Waals surface area contributed by atoms with E-state index in [1.807, 2.05) is 6.07 Å². The van der Waals surface area contributed by atoms with Crippen molar-refractivity contribution in [2.45, 2.75) is 0 Å². The third kappa shape index (κ3) is 4.61. The van der Waals surface area contributed by atoms with Gasteiger partial charge in [0.15, 0.2) is 0 Å². The third-order valence-electron chi connectivity index (χ3n) is 9.45. The molecule has 0 amide bonds. The van der Waals surface area contributed by atoms with Crippen LogP contribution in [0.15, 0.2) is 174 Å². The fraction of sp³-hybridized carbons (Fsp3) is 0. The van der Waals surface area contributed by atoms with E-state index in [9.17, 15) is 0 Å². The molecule has 0 saturated heterocycles. The minimum atomic E-state index is 0.863. The zero-order valence-electron chi connectivity index (χ0n) is 26.4. The van der Waals surface area contributed by atoms with Gasteiger partial charge in [-0.1, -0.05) is 121 Å². The molecule has 2 aromatic heterocycles. The minimum absolute atomic E-state index is 0.863. The highest BCUT2D eigenvalue weighted by Gasteiger charge is 2.21. The Bertz CT molecular complexity index is 2840. The van der Waals surface area contributed by atoms with E-state index in [1.54, 1.807) is 11.3 Å². The molecule has 10 rings (SSSR count). The summed E-state index contributed by atoms with van der Waals surface area (Å²) in [5.74, 6) is 0. The molecule has 0 radical (unpaired) electrons. The van der Waals surface area contributed by atoms with Crippen molar-refractivity contribution in [2.24, 2.45) is 0 Å². The number of benzene rings is 8.